The number of nitrogens with zero attached hydrogens (tertiary/aromatic N) is 4. The normalized spacial score (nSPS) is 19.2. The van der Waals surface area contributed by atoms with Crippen LogP contribution in [-0.4, -0.2) is 43.9 Å². The summed E-state index contributed by atoms with van der Waals surface area (Å²) >= 11 is 0. The lowest BCUT2D eigenvalue weighted by atomic mass is 9.99. The van der Waals surface area contributed by atoms with Crippen LogP contribution in [0.4, 0.5) is 5.69 Å². The van der Waals surface area contributed by atoms with E-state index in [0.717, 1.165) is 19.4 Å². The van der Waals surface area contributed by atoms with E-state index in [4.69, 9.17) is 0 Å². The van der Waals surface area contributed by atoms with Crippen molar-refractivity contribution in [2.24, 2.45) is 0 Å². The summed E-state index contributed by atoms with van der Waals surface area (Å²) in [7, 11) is 0. The highest BCUT2D eigenvalue weighted by Crippen LogP contribution is 2.32. The second-order valence-electron chi connectivity index (χ2n) is 6.83. The standard InChI is InChI=1S/C18H24N4O3/c1-13-5-6-15(8-14(13)2)18-4-3-7-20(18)11-17(23)12-21-10-16(9-19-21)22(24)25/h5-6,8-10,17-18,23H,3-4,7,11-12H2,1-2H3/t17-,18-/m1/s1. The van der Waals surface area contributed by atoms with Gasteiger partial charge in [0.2, 0.25) is 0 Å². The van der Waals surface area contributed by atoms with Crippen molar-refractivity contribution in [1.29, 1.82) is 0 Å². The summed E-state index contributed by atoms with van der Waals surface area (Å²) in [5, 5.41) is 25.1. The molecule has 0 amide bonds. The molecule has 0 unspecified atom stereocenters. The molecule has 1 fully saturated rings. The van der Waals surface area contributed by atoms with Crippen molar-refractivity contribution in [3.8, 4) is 0 Å². The molecular formula is C18H24N4O3. The molecule has 0 spiro atoms. The number of likely N-dealkylation sites (tertiary alicyclic amines) is 1. The van der Waals surface area contributed by atoms with Crippen LogP contribution in [0.1, 0.15) is 35.6 Å². The highest BCUT2D eigenvalue weighted by molar-refractivity contribution is 5.32. The number of benzene rings is 1. The zero-order chi connectivity index (χ0) is 18.0. The Labute approximate surface area is 147 Å². The number of aliphatic hydroxyl groups is 1. The summed E-state index contributed by atoms with van der Waals surface area (Å²) in [6.45, 7) is 5.97. The van der Waals surface area contributed by atoms with E-state index in [1.807, 2.05) is 0 Å². The van der Waals surface area contributed by atoms with Crippen molar-refractivity contribution in [3.63, 3.8) is 0 Å². The zero-order valence-corrected chi connectivity index (χ0v) is 14.6. The first kappa shape index (κ1) is 17.6. The number of rotatable bonds is 6. The van der Waals surface area contributed by atoms with Crippen LogP contribution < -0.4 is 0 Å². The summed E-state index contributed by atoms with van der Waals surface area (Å²) in [6.07, 6.45) is 4.14. The molecule has 2 aromatic rings. The molecule has 1 aromatic heterocycles. The molecule has 1 N–H and O–H groups in total. The molecule has 2 heterocycles. The quantitative estimate of drug-likeness (QED) is 0.643. The Morgan fingerprint density at radius 1 is 1.36 bits per heavy atom. The van der Waals surface area contributed by atoms with Crippen LogP contribution in [-0.2, 0) is 6.54 Å². The molecule has 1 aromatic carbocycles. The van der Waals surface area contributed by atoms with Crippen LogP contribution in [0.25, 0.3) is 0 Å². The molecule has 0 bridgehead atoms. The van der Waals surface area contributed by atoms with Crippen molar-refractivity contribution in [2.45, 2.75) is 45.4 Å². The second kappa shape index (κ2) is 7.33. The van der Waals surface area contributed by atoms with Gasteiger partial charge in [-0.05, 0) is 49.9 Å². The molecule has 3 rings (SSSR count). The van der Waals surface area contributed by atoms with Gasteiger partial charge in [0.05, 0.1) is 17.6 Å². The lowest BCUT2D eigenvalue weighted by Gasteiger charge is -2.27. The highest BCUT2D eigenvalue weighted by Gasteiger charge is 2.28. The highest BCUT2D eigenvalue weighted by atomic mass is 16.6. The number of hydrogen-bond acceptors (Lipinski definition) is 5. The number of aliphatic hydroxyl groups excluding tert-OH is 1. The summed E-state index contributed by atoms with van der Waals surface area (Å²) < 4.78 is 1.43. The molecule has 0 radical (unpaired) electrons. The fourth-order valence-electron chi connectivity index (χ4n) is 3.49. The predicted octanol–water partition coefficient (Wildman–Crippen LogP) is 2.61. The Bertz CT molecular complexity index is 759. The van der Waals surface area contributed by atoms with Crippen molar-refractivity contribution in [2.75, 3.05) is 13.1 Å². The SMILES string of the molecule is Cc1ccc([C@H]2CCCN2C[C@@H](O)Cn2cc([N+](=O)[O-])cn2)cc1C. The molecule has 25 heavy (non-hydrogen) atoms. The maximum absolute atomic E-state index is 10.7. The minimum absolute atomic E-state index is 0.0543. The minimum atomic E-state index is -0.619. The van der Waals surface area contributed by atoms with Crippen LogP contribution in [0.3, 0.4) is 0 Å². The first-order valence-corrected chi connectivity index (χ1v) is 8.60. The van der Waals surface area contributed by atoms with E-state index >= 15 is 0 Å². The van der Waals surface area contributed by atoms with E-state index in [-0.39, 0.29) is 12.2 Å². The average molecular weight is 344 g/mol. The van der Waals surface area contributed by atoms with Gasteiger partial charge < -0.3 is 5.11 Å². The summed E-state index contributed by atoms with van der Waals surface area (Å²) in [5.74, 6) is 0. The van der Waals surface area contributed by atoms with Gasteiger partial charge in [-0.25, -0.2) is 0 Å². The first-order chi connectivity index (χ1) is 11.9. The van der Waals surface area contributed by atoms with Gasteiger partial charge >= 0.3 is 5.69 Å². The molecular weight excluding hydrogens is 320 g/mol. The van der Waals surface area contributed by atoms with Crippen LogP contribution in [0.2, 0.25) is 0 Å². The predicted molar refractivity (Wildman–Crippen MR) is 94.4 cm³/mol. The fourth-order valence-corrected chi connectivity index (χ4v) is 3.49. The second-order valence-corrected chi connectivity index (χ2v) is 6.83. The summed E-state index contributed by atoms with van der Waals surface area (Å²) in [5.41, 5.74) is 3.81. The molecule has 0 aliphatic carbocycles. The Morgan fingerprint density at radius 2 is 2.16 bits per heavy atom. The largest absolute Gasteiger partial charge is 0.390 e. The van der Waals surface area contributed by atoms with Crippen LogP contribution >= 0.6 is 0 Å². The van der Waals surface area contributed by atoms with Gasteiger partial charge in [-0.2, -0.15) is 5.10 Å². The van der Waals surface area contributed by atoms with Crippen molar-refractivity contribution in [1.82, 2.24) is 14.7 Å². The number of aryl methyl sites for hydroxylation is 2. The molecule has 1 saturated heterocycles. The van der Waals surface area contributed by atoms with Crippen LogP contribution in [0, 0.1) is 24.0 Å². The van der Waals surface area contributed by atoms with Gasteiger partial charge in [0, 0.05) is 12.6 Å². The number of β-amino-alcohol motifs (C(OH)–C–C–N with tert-alkyl or cyclic N) is 1. The van der Waals surface area contributed by atoms with Crippen molar-refractivity contribution in [3.05, 3.63) is 57.4 Å². The van der Waals surface area contributed by atoms with E-state index in [9.17, 15) is 15.2 Å². The Hall–Kier alpha value is -2.25. The van der Waals surface area contributed by atoms with E-state index < -0.39 is 11.0 Å². The van der Waals surface area contributed by atoms with E-state index in [2.05, 4.69) is 42.0 Å². The van der Waals surface area contributed by atoms with Crippen LogP contribution in [0.15, 0.2) is 30.6 Å². The lowest BCUT2D eigenvalue weighted by Crippen LogP contribution is -2.34. The number of hydrogen-bond donors (Lipinski definition) is 1. The summed E-state index contributed by atoms with van der Waals surface area (Å²) in [6, 6.07) is 6.89. The molecule has 1 aliphatic heterocycles. The third kappa shape index (κ3) is 4.05. The smallest absolute Gasteiger partial charge is 0.306 e. The van der Waals surface area contributed by atoms with Gasteiger partial charge in [-0.3, -0.25) is 19.7 Å². The Morgan fingerprint density at radius 3 is 2.84 bits per heavy atom. The molecule has 2 atom stereocenters. The van der Waals surface area contributed by atoms with E-state index in [1.165, 1.54) is 33.8 Å². The molecule has 7 heteroatoms. The summed E-state index contributed by atoms with van der Waals surface area (Å²) in [4.78, 5) is 12.5. The van der Waals surface area contributed by atoms with Gasteiger partial charge in [0.1, 0.15) is 12.4 Å². The van der Waals surface area contributed by atoms with Gasteiger partial charge in [-0.1, -0.05) is 18.2 Å². The monoisotopic (exact) mass is 344 g/mol. The third-order valence-electron chi connectivity index (χ3n) is 4.95. The van der Waals surface area contributed by atoms with Crippen LogP contribution in [0.5, 0.6) is 0 Å². The lowest BCUT2D eigenvalue weighted by molar-refractivity contribution is -0.385. The van der Waals surface area contributed by atoms with Gasteiger partial charge in [0.25, 0.3) is 0 Å². The molecule has 0 saturated carbocycles. The first-order valence-electron chi connectivity index (χ1n) is 8.60. The third-order valence-corrected chi connectivity index (χ3v) is 4.95. The number of aromatic nitrogens is 2. The zero-order valence-electron chi connectivity index (χ0n) is 14.6. The fraction of sp³-hybridized carbons (Fsp3) is 0.500. The molecule has 7 nitrogen and oxygen atoms in total. The van der Waals surface area contributed by atoms with E-state index in [0.29, 0.717) is 12.6 Å². The van der Waals surface area contributed by atoms with Gasteiger partial charge in [-0.15, -0.1) is 0 Å². The minimum Gasteiger partial charge on any atom is -0.390 e. The maximum atomic E-state index is 10.7. The number of nitro groups is 1. The molecule has 1 aliphatic rings. The van der Waals surface area contributed by atoms with Crippen molar-refractivity contribution >= 4 is 5.69 Å². The molecule has 134 valence electrons. The Kier molecular flexibility index (Phi) is 5.15. The van der Waals surface area contributed by atoms with Gasteiger partial charge in [0.15, 0.2) is 0 Å². The maximum Gasteiger partial charge on any atom is 0.306 e. The average Bonchev–Trinajstić information content (AvgIpc) is 3.19. The topological polar surface area (TPSA) is 84.4 Å². The van der Waals surface area contributed by atoms with Crippen molar-refractivity contribution < 1.29 is 10.0 Å². The van der Waals surface area contributed by atoms with E-state index in [1.54, 1.807) is 0 Å². The Balaban J connectivity index is 1.64.